The molecule has 0 aliphatic carbocycles. The third-order valence-corrected chi connectivity index (χ3v) is 13.9. The van der Waals surface area contributed by atoms with E-state index >= 15 is 0 Å². The fourth-order valence-corrected chi connectivity index (χ4v) is 10.3. The van der Waals surface area contributed by atoms with Gasteiger partial charge in [0.25, 0.3) is 0 Å². The smallest absolute Gasteiger partial charge is 0.159 e. The molecule has 0 aliphatic heterocycles. The van der Waals surface area contributed by atoms with Crippen molar-refractivity contribution >= 4 is 110 Å². The zero-order chi connectivity index (χ0) is 45.0. The van der Waals surface area contributed by atoms with Crippen molar-refractivity contribution in [3.63, 3.8) is 0 Å². The summed E-state index contributed by atoms with van der Waals surface area (Å²) < 4.78 is 13.8. The van der Waals surface area contributed by atoms with Gasteiger partial charge in [-0.05, 0) is 105 Å². The number of furan rings is 2. The van der Waals surface area contributed by atoms with Gasteiger partial charge in [-0.2, -0.15) is 0 Å². The Morgan fingerprint density at radius 3 is 1.23 bits per heavy atom. The van der Waals surface area contributed by atoms with E-state index in [0.29, 0.717) is 11.8 Å². The minimum atomic E-state index is -0.0187. The van der Waals surface area contributed by atoms with Crippen LogP contribution in [0.3, 0.4) is 0 Å². The van der Waals surface area contributed by atoms with Crippen LogP contribution in [0.5, 0.6) is 0 Å². The Morgan fingerprint density at radius 2 is 0.803 bits per heavy atom. The Labute approximate surface area is 385 Å². The highest BCUT2D eigenvalue weighted by atomic mass is 16.3. The molecule has 2 heterocycles. The molecule has 0 amide bonds. The molecule has 0 saturated heterocycles. The lowest BCUT2D eigenvalue weighted by molar-refractivity contribution is 0.591. The van der Waals surface area contributed by atoms with Gasteiger partial charge in [0.1, 0.15) is 11.2 Å². The third-order valence-electron chi connectivity index (χ3n) is 13.9. The standard InChI is InChI=1S/C62H52N2O2/c1-37(2)39-22-28-44(29-23-39)63(52-18-12-16-48-46-14-8-10-20-56(46)65-60(48)52)54-36-55(51-33-27-42-35-43(62(5,6)7)34-41-26-32-50(54)59(51)58(41)42)64(45-30-24-40(25-31-45)38(3)4)53-19-13-17-49-47-15-9-11-21-57(47)66-61(49)53/h8-38H,1-7H3. The number of nitrogens with zero attached hydrogens (tertiary/aromatic N) is 2. The van der Waals surface area contributed by atoms with Crippen LogP contribution >= 0.6 is 0 Å². The van der Waals surface area contributed by atoms with Gasteiger partial charge in [-0.15, -0.1) is 0 Å². The summed E-state index contributed by atoms with van der Waals surface area (Å²) in [6, 6.07) is 64.7. The molecule has 0 spiro atoms. The van der Waals surface area contributed by atoms with Crippen LogP contribution in [0.4, 0.5) is 34.1 Å². The molecule has 12 rings (SSSR count). The molecule has 2 aromatic heterocycles. The van der Waals surface area contributed by atoms with Crippen molar-refractivity contribution in [2.75, 3.05) is 9.80 Å². The third kappa shape index (κ3) is 6.26. The fraction of sp³-hybridized carbons (Fsp3) is 0.161. The van der Waals surface area contributed by atoms with Crippen molar-refractivity contribution in [1.82, 2.24) is 0 Å². The Hall–Kier alpha value is -7.56. The van der Waals surface area contributed by atoms with Gasteiger partial charge in [-0.3, -0.25) is 0 Å². The van der Waals surface area contributed by atoms with Crippen LogP contribution < -0.4 is 9.80 Å². The first-order valence-electron chi connectivity index (χ1n) is 23.4. The molecule has 0 aliphatic rings. The van der Waals surface area contributed by atoms with Crippen LogP contribution in [0.25, 0.3) is 76.2 Å². The lowest BCUT2D eigenvalue weighted by Crippen LogP contribution is -2.15. The van der Waals surface area contributed by atoms with E-state index in [0.717, 1.165) is 88.8 Å². The Kier molecular flexibility index (Phi) is 9.09. The van der Waals surface area contributed by atoms with Gasteiger partial charge in [-0.25, -0.2) is 0 Å². The first-order chi connectivity index (χ1) is 32.0. The van der Waals surface area contributed by atoms with E-state index in [-0.39, 0.29) is 5.41 Å². The van der Waals surface area contributed by atoms with E-state index in [9.17, 15) is 0 Å². The summed E-state index contributed by atoms with van der Waals surface area (Å²) in [5.74, 6) is 0.782. The van der Waals surface area contributed by atoms with Gasteiger partial charge in [0.2, 0.25) is 0 Å². The summed E-state index contributed by atoms with van der Waals surface area (Å²) in [5, 5.41) is 11.6. The number of anilines is 6. The average Bonchev–Trinajstić information content (AvgIpc) is 3.91. The quantitative estimate of drug-likeness (QED) is 0.143. The minimum Gasteiger partial charge on any atom is -0.454 e. The molecule has 66 heavy (non-hydrogen) atoms. The van der Waals surface area contributed by atoms with Crippen LogP contribution in [-0.2, 0) is 5.41 Å². The minimum absolute atomic E-state index is 0.0187. The number of fused-ring (bicyclic) bond motifs is 6. The molecule has 0 fully saturated rings. The van der Waals surface area contributed by atoms with Crippen LogP contribution in [0, 0.1) is 0 Å². The Bertz CT molecular complexity index is 3570. The van der Waals surface area contributed by atoms with Gasteiger partial charge >= 0.3 is 0 Å². The number of hydrogen-bond donors (Lipinski definition) is 0. The molecule has 4 nitrogen and oxygen atoms in total. The second kappa shape index (κ2) is 15.0. The van der Waals surface area contributed by atoms with Crippen molar-refractivity contribution in [2.24, 2.45) is 0 Å². The molecule has 4 heteroatoms. The molecule has 0 atom stereocenters. The lowest BCUT2D eigenvalue weighted by atomic mass is 9.83. The molecule has 0 radical (unpaired) electrons. The lowest BCUT2D eigenvalue weighted by Gasteiger charge is -2.32. The Morgan fingerprint density at radius 1 is 0.379 bits per heavy atom. The molecule has 0 unspecified atom stereocenters. The maximum Gasteiger partial charge on any atom is 0.159 e. The molecule has 12 aromatic rings. The van der Waals surface area contributed by atoms with E-state index in [1.54, 1.807) is 0 Å². The second-order valence-corrected chi connectivity index (χ2v) is 19.7. The van der Waals surface area contributed by atoms with E-state index < -0.39 is 0 Å². The van der Waals surface area contributed by atoms with Crippen LogP contribution in [-0.4, -0.2) is 0 Å². The number of hydrogen-bond acceptors (Lipinski definition) is 4. The van der Waals surface area contributed by atoms with Crippen molar-refractivity contribution in [3.05, 3.63) is 193 Å². The summed E-state index contributed by atoms with van der Waals surface area (Å²) >= 11 is 0. The number of rotatable bonds is 8. The summed E-state index contributed by atoms with van der Waals surface area (Å²) in [7, 11) is 0. The summed E-state index contributed by atoms with van der Waals surface area (Å²) in [6.07, 6.45) is 0. The highest BCUT2D eigenvalue weighted by molar-refractivity contribution is 6.29. The van der Waals surface area contributed by atoms with Crippen LogP contribution in [0.15, 0.2) is 185 Å². The van der Waals surface area contributed by atoms with Gasteiger partial charge in [0.05, 0.1) is 22.7 Å². The molecular formula is C62H52N2O2. The normalized spacial score (nSPS) is 12.4. The maximum atomic E-state index is 6.90. The summed E-state index contributed by atoms with van der Waals surface area (Å²) in [5.41, 5.74) is 13.5. The van der Waals surface area contributed by atoms with Crippen LogP contribution in [0.1, 0.15) is 77.0 Å². The van der Waals surface area contributed by atoms with Crippen molar-refractivity contribution < 1.29 is 8.83 Å². The molecule has 0 N–H and O–H groups in total. The SMILES string of the molecule is CC(C)c1ccc(N(c2cc(N(c3ccc(C(C)C)cc3)c3cccc4c3oc3ccccc34)c3ccc4cc(C(C)(C)C)cc5ccc2c3c54)c2cccc3c2oc2ccccc23)cc1. The zero-order valence-corrected chi connectivity index (χ0v) is 38.6. The van der Waals surface area contributed by atoms with E-state index in [1.807, 2.05) is 0 Å². The molecule has 322 valence electrons. The monoisotopic (exact) mass is 856 g/mol. The first-order valence-corrected chi connectivity index (χ1v) is 23.4. The zero-order valence-electron chi connectivity index (χ0n) is 38.6. The topological polar surface area (TPSA) is 32.8 Å². The number of para-hydroxylation sites is 4. The first kappa shape index (κ1) is 40.0. The summed E-state index contributed by atoms with van der Waals surface area (Å²) in [4.78, 5) is 4.87. The van der Waals surface area contributed by atoms with Crippen molar-refractivity contribution in [3.8, 4) is 0 Å². The Balaban J connectivity index is 1.24. The molecule has 10 aromatic carbocycles. The molecular weight excluding hydrogens is 805 g/mol. The fourth-order valence-electron chi connectivity index (χ4n) is 10.3. The van der Waals surface area contributed by atoms with E-state index in [1.165, 1.54) is 38.2 Å². The summed E-state index contributed by atoms with van der Waals surface area (Å²) in [6.45, 7) is 15.9. The highest BCUT2D eigenvalue weighted by Crippen LogP contribution is 2.53. The molecule has 0 bridgehead atoms. The van der Waals surface area contributed by atoms with Gasteiger partial charge in [0, 0.05) is 49.1 Å². The van der Waals surface area contributed by atoms with Gasteiger partial charge in [-0.1, -0.05) is 170 Å². The van der Waals surface area contributed by atoms with Crippen LogP contribution in [0.2, 0.25) is 0 Å². The highest BCUT2D eigenvalue weighted by Gasteiger charge is 2.29. The van der Waals surface area contributed by atoms with Crippen molar-refractivity contribution in [1.29, 1.82) is 0 Å². The predicted octanol–water partition coefficient (Wildman–Crippen LogP) is 18.9. The van der Waals surface area contributed by atoms with Gasteiger partial charge < -0.3 is 18.6 Å². The van der Waals surface area contributed by atoms with E-state index in [2.05, 4.69) is 234 Å². The van der Waals surface area contributed by atoms with Gasteiger partial charge in [0.15, 0.2) is 11.2 Å². The average molecular weight is 857 g/mol. The molecule has 0 saturated carbocycles. The predicted molar refractivity (Wildman–Crippen MR) is 281 cm³/mol. The maximum absolute atomic E-state index is 6.90. The van der Waals surface area contributed by atoms with E-state index in [4.69, 9.17) is 8.83 Å². The largest absolute Gasteiger partial charge is 0.454 e. The van der Waals surface area contributed by atoms with Crippen molar-refractivity contribution in [2.45, 2.75) is 65.7 Å². The second-order valence-electron chi connectivity index (χ2n) is 19.7. The number of benzene rings is 10.